The molecule has 0 bridgehead atoms. The maximum atomic E-state index is 10.3. The molecule has 0 atom stereocenters. The Morgan fingerprint density at radius 3 is 1.80 bits per heavy atom. The molecule has 10 heavy (non-hydrogen) atoms. The molecule has 0 saturated carbocycles. The number of hydrogen-bond acceptors (Lipinski definition) is 2. The minimum atomic E-state index is -1.03. The number of hydrogen-bond donors (Lipinski definition) is 2. The first-order valence-corrected chi connectivity index (χ1v) is 3.27. The van der Waals surface area contributed by atoms with Gasteiger partial charge in [-0.25, -0.2) is 4.79 Å². The third-order valence-electron chi connectivity index (χ3n) is 1.29. The molecule has 0 heterocycles. The summed E-state index contributed by atoms with van der Waals surface area (Å²) in [5.74, 6) is -1.04. The van der Waals surface area contributed by atoms with Crippen LogP contribution in [0.3, 0.4) is 0 Å². The summed E-state index contributed by atoms with van der Waals surface area (Å²) >= 11 is 0. The Morgan fingerprint density at radius 2 is 1.70 bits per heavy atom. The van der Waals surface area contributed by atoms with E-state index < -0.39 is 5.97 Å². The SMILES string of the molecule is CCC(O)=C(CC)C(=O)O. The monoisotopic (exact) mass is 144 g/mol. The van der Waals surface area contributed by atoms with Gasteiger partial charge in [-0.05, 0) is 6.42 Å². The maximum absolute atomic E-state index is 10.3. The van der Waals surface area contributed by atoms with E-state index in [9.17, 15) is 4.79 Å². The van der Waals surface area contributed by atoms with Crippen LogP contribution < -0.4 is 0 Å². The molecule has 0 amide bonds. The molecule has 0 spiro atoms. The molecule has 0 unspecified atom stereocenters. The Labute approximate surface area is 60.0 Å². The molecule has 0 aliphatic carbocycles. The molecule has 3 heteroatoms. The molecule has 0 aliphatic heterocycles. The lowest BCUT2D eigenvalue weighted by Crippen LogP contribution is -2.02. The van der Waals surface area contributed by atoms with Gasteiger partial charge >= 0.3 is 5.97 Å². The van der Waals surface area contributed by atoms with Crippen LogP contribution in [0.15, 0.2) is 11.3 Å². The standard InChI is InChI=1S/C7H12O3/c1-3-5(7(9)10)6(8)4-2/h8H,3-4H2,1-2H3,(H,9,10). The van der Waals surface area contributed by atoms with Gasteiger partial charge < -0.3 is 10.2 Å². The van der Waals surface area contributed by atoms with Crippen molar-refractivity contribution in [2.45, 2.75) is 26.7 Å². The van der Waals surface area contributed by atoms with Crippen LogP contribution in [0, 0.1) is 0 Å². The van der Waals surface area contributed by atoms with Gasteiger partial charge in [0, 0.05) is 6.42 Å². The van der Waals surface area contributed by atoms with E-state index in [1.807, 2.05) is 0 Å². The summed E-state index contributed by atoms with van der Waals surface area (Å²) in [6.45, 7) is 3.42. The predicted molar refractivity (Wildman–Crippen MR) is 37.9 cm³/mol. The first-order valence-electron chi connectivity index (χ1n) is 3.27. The van der Waals surface area contributed by atoms with Crippen LogP contribution in [0.1, 0.15) is 26.7 Å². The van der Waals surface area contributed by atoms with Crippen molar-refractivity contribution in [3.8, 4) is 0 Å². The van der Waals surface area contributed by atoms with E-state index in [0.29, 0.717) is 12.8 Å². The highest BCUT2D eigenvalue weighted by Crippen LogP contribution is 2.08. The van der Waals surface area contributed by atoms with Crippen LogP contribution in [0.25, 0.3) is 0 Å². The van der Waals surface area contributed by atoms with Gasteiger partial charge in [-0.2, -0.15) is 0 Å². The fraction of sp³-hybridized carbons (Fsp3) is 0.571. The summed E-state index contributed by atoms with van der Waals surface area (Å²) in [4.78, 5) is 10.3. The Kier molecular flexibility index (Phi) is 3.54. The fourth-order valence-corrected chi connectivity index (χ4v) is 0.692. The predicted octanol–water partition coefficient (Wildman–Crippen LogP) is 1.70. The van der Waals surface area contributed by atoms with Gasteiger partial charge in [0.25, 0.3) is 0 Å². The zero-order valence-electron chi connectivity index (χ0n) is 6.22. The lowest BCUT2D eigenvalue weighted by Gasteiger charge is -2.00. The van der Waals surface area contributed by atoms with E-state index in [1.54, 1.807) is 13.8 Å². The molecule has 0 rings (SSSR count). The zero-order valence-corrected chi connectivity index (χ0v) is 6.22. The second-order valence-electron chi connectivity index (χ2n) is 1.94. The fourth-order valence-electron chi connectivity index (χ4n) is 0.692. The van der Waals surface area contributed by atoms with E-state index in [4.69, 9.17) is 10.2 Å². The molecule has 0 aromatic rings. The number of aliphatic hydroxyl groups is 1. The summed E-state index contributed by atoms with van der Waals surface area (Å²) in [6, 6.07) is 0. The van der Waals surface area contributed by atoms with E-state index in [2.05, 4.69) is 0 Å². The van der Waals surface area contributed by atoms with E-state index in [-0.39, 0.29) is 11.3 Å². The molecular weight excluding hydrogens is 132 g/mol. The molecule has 0 aromatic heterocycles. The first-order chi connectivity index (χ1) is 4.63. The lowest BCUT2D eigenvalue weighted by molar-refractivity contribution is -0.133. The van der Waals surface area contributed by atoms with Gasteiger partial charge in [0.1, 0.15) is 5.76 Å². The molecule has 3 nitrogen and oxygen atoms in total. The first kappa shape index (κ1) is 9.01. The topological polar surface area (TPSA) is 57.5 Å². The Hall–Kier alpha value is -0.990. The Balaban J connectivity index is 4.45. The van der Waals surface area contributed by atoms with E-state index >= 15 is 0 Å². The average molecular weight is 144 g/mol. The molecule has 0 saturated heterocycles. The van der Waals surface area contributed by atoms with Crippen LogP contribution in [0.4, 0.5) is 0 Å². The normalized spacial score (nSPS) is 12.6. The molecule has 2 N–H and O–H groups in total. The summed E-state index contributed by atoms with van der Waals surface area (Å²) < 4.78 is 0. The summed E-state index contributed by atoms with van der Waals surface area (Å²) in [6.07, 6.45) is 0.754. The highest BCUT2D eigenvalue weighted by atomic mass is 16.4. The van der Waals surface area contributed by atoms with Crippen molar-refractivity contribution in [3.05, 3.63) is 11.3 Å². The summed E-state index contributed by atoms with van der Waals surface area (Å²) in [5, 5.41) is 17.4. The van der Waals surface area contributed by atoms with Crippen LogP contribution in [-0.2, 0) is 4.79 Å². The number of carbonyl (C=O) groups is 1. The molecule has 0 radical (unpaired) electrons. The number of aliphatic hydroxyl groups excluding tert-OH is 1. The van der Waals surface area contributed by atoms with Crippen LogP contribution in [0.2, 0.25) is 0 Å². The van der Waals surface area contributed by atoms with Crippen molar-refractivity contribution in [1.29, 1.82) is 0 Å². The third-order valence-corrected chi connectivity index (χ3v) is 1.29. The number of carboxylic acid groups (broad SMARTS) is 1. The van der Waals surface area contributed by atoms with Gasteiger partial charge in [-0.3, -0.25) is 0 Å². The second-order valence-corrected chi connectivity index (χ2v) is 1.94. The van der Waals surface area contributed by atoms with Gasteiger partial charge in [0.15, 0.2) is 0 Å². The van der Waals surface area contributed by atoms with Crippen molar-refractivity contribution in [2.24, 2.45) is 0 Å². The highest BCUT2D eigenvalue weighted by molar-refractivity contribution is 5.86. The Morgan fingerprint density at radius 1 is 1.20 bits per heavy atom. The van der Waals surface area contributed by atoms with Crippen molar-refractivity contribution < 1.29 is 15.0 Å². The van der Waals surface area contributed by atoms with Gasteiger partial charge in [0.2, 0.25) is 0 Å². The molecule has 0 aromatic carbocycles. The largest absolute Gasteiger partial charge is 0.512 e. The average Bonchev–Trinajstić information content (AvgIpc) is 1.88. The van der Waals surface area contributed by atoms with Crippen LogP contribution >= 0.6 is 0 Å². The summed E-state index contributed by atoms with van der Waals surface area (Å²) in [5.41, 5.74) is 0.113. The third kappa shape index (κ3) is 2.09. The molecule has 0 aliphatic rings. The van der Waals surface area contributed by atoms with Gasteiger partial charge in [0.05, 0.1) is 5.57 Å². The van der Waals surface area contributed by atoms with Crippen molar-refractivity contribution in [1.82, 2.24) is 0 Å². The van der Waals surface area contributed by atoms with Crippen LogP contribution in [0.5, 0.6) is 0 Å². The molecule has 0 fully saturated rings. The van der Waals surface area contributed by atoms with Crippen molar-refractivity contribution >= 4 is 5.97 Å². The van der Waals surface area contributed by atoms with E-state index in [1.165, 1.54) is 0 Å². The zero-order chi connectivity index (χ0) is 8.15. The lowest BCUT2D eigenvalue weighted by atomic mass is 10.1. The number of rotatable bonds is 3. The van der Waals surface area contributed by atoms with Gasteiger partial charge in [-0.1, -0.05) is 13.8 Å². The van der Waals surface area contributed by atoms with Crippen LogP contribution in [-0.4, -0.2) is 16.2 Å². The second kappa shape index (κ2) is 3.93. The van der Waals surface area contributed by atoms with Crippen molar-refractivity contribution in [3.63, 3.8) is 0 Å². The van der Waals surface area contributed by atoms with E-state index in [0.717, 1.165) is 0 Å². The smallest absolute Gasteiger partial charge is 0.334 e. The highest BCUT2D eigenvalue weighted by Gasteiger charge is 2.08. The number of allylic oxidation sites excluding steroid dienone is 1. The quantitative estimate of drug-likeness (QED) is 0.468. The number of aliphatic carboxylic acids is 1. The minimum absolute atomic E-state index is 0.0185. The molecular formula is C7H12O3. The number of carboxylic acids is 1. The maximum Gasteiger partial charge on any atom is 0.334 e. The summed E-state index contributed by atoms with van der Waals surface area (Å²) in [7, 11) is 0. The minimum Gasteiger partial charge on any atom is -0.512 e. The van der Waals surface area contributed by atoms with Gasteiger partial charge in [-0.15, -0.1) is 0 Å². The molecule has 58 valence electrons. The van der Waals surface area contributed by atoms with Crippen molar-refractivity contribution in [2.75, 3.05) is 0 Å². The Bertz CT molecular complexity index is 158.